The Hall–Kier alpha value is -0.390. The zero-order chi connectivity index (χ0) is 15.6. The van der Waals surface area contributed by atoms with Gasteiger partial charge in [-0.1, -0.05) is 20.8 Å². The van der Waals surface area contributed by atoms with Gasteiger partial charge in [0.2, 0.25) is 0 Å². The summed E-state index contributed by atoms with van der Waals surface area (Å²) in [7, 11) is 2.04. The van der Waals surface area contributed by atoms with Gasteiger partial charge in [0.1, 0.15) is 0 Å². The number of rotatable bonds is 6. The molecule has 2 atom stereocenters. The number of ether oxygens (including phenoxy) is 1. The van der Waals surface area contributed by atoms with Crippen LogP contribution in [0.15, 0.2) is 4.47 Å². The summed E-state index contributed by atoms with van der Waals surface area (Å²) in [5, 5.41) is 8.24. The zero-order valence-corrected chi connectivity index (χ0v) is 15.5. The molecule has 2 heterocycles. The highest BCUT2D eigenvalue weighted by Crippen LogP contribution is 2.39. The summed E-state index contributed by atoms with van der Waals surface area (Å²) >= 11 is 3.75. The number of nitrogens with one attached hydrogen (secondary N) is 1. The van der Waals surface area contributed by atoms with E-state index < -0.39 is 0 Å². The molecule has 0 spiro atoms. The van der Waals surface area contributed by atoms with Crippen molar-refractivity contribution in [3.63, 3.8) is 0 Å². The first kappa shape index (κ1) is 17.0. The first-order valence-electron chi connectivity index (χ1n) is 7.95. The van der Waals surface area contributed by atoms with Gasteiger partial charge in [-0.2, -0.15) is 5.10 Å². The van der Waals surface area contributed by atoms with E-state index in [4.69, 9.17) is 4.74 Å². The Kier molecular flexibility index (Phi) is 5.49. The summed E-state index contributed by atoms with van der Waals surface area (Å²) in [4.78, 5) is 0. The lowest BCUT2D eigenvalue weighted by Crippen LogP contribution is -2.43. The van der Waals surface area contributed by atoms with Crippen LogP contribution >= 0.6 is 15.9 Å². The number of hydrogen-bond donors (Lipinski definition) is 1. The molecular formula is C16H28BrN3O. The van der Waals surface area contributed by atoms with Crippen molar-refractivity contribution < 1.29 is 4.74 Å². The fourth-order valence-corrected chi connectivity index (χ4v) is 3.85. The van der Waals surface area contributed by atoms with Gasteiger partial charge in [-0.3, -0.25) is 4.68 Å². The molecule has 0 radical (unpaired) electrons. The van der Waals surface area contributed by atoms with Crippen LogP contribution in [0.1, 0.15) is 45.5 Å². The van der Waals surface area contributed by atoms with E-state index in [0.717, 1.165) is 38.1 Å². The van der Waals surface area contributed by atoms with Crippen LogP contribution in [0.5, 0.6) is 0 Å². The van der Waals surface area contributed by atoms with E-state index in [1.807, 2.05) is 11.7 Å². The molecule has 1 saturated heterocycles. The summed E-state index contributed by atoms with van der Waals surface area (Å²) in [6, 6.07) is 0.496. The van der Waals surface area contributed by atoms with Crippen LogP contribution in [0.2, 0.25) is 0 Å². The minimum absolute atomic E-state index is 0.158. The Morgan fingerprint density at radius 1 is 1.52 bits per heavy atom. The summed E-state index contributed by atoms with van der Waals surface area (Å²) in [5.74, 6) is 0. The predicted octanol–water partition coefficient (Wildman–Crippen LogP) is 3.08. The number of nitrogens with zero attached hydrogens (tertiary/aromatic N) is 2. The molecule has 2 rings (SSSR count). The van der Waals surface area contributed by atoms with Gasteiger partial charge >= 0.3 is 0 Å². The molecule has 0 amide bonds. The van der Waals surface area contributed by atoms with Crippen molar-refractivity contribution >= 4 is 15.9 Å². The quantitative estimate of drug-likeness (QED) is 0.850. The lowest BCUT2D eigenvalue weighted by atomic mass is 9.77. The van der Waals surface area contributed by atoms with Gasteiger partial charge in [-0.25, -0.2) is 0 Å². The predicted molar refractivity (Wildman–Crippen MR) is 89.6 cm³/mol. The van der Waals surface area contributed by atoms with Crippen LogP contribution in [0.25, 0.3) is 0 Å². The van der Waals surface area contributed by atoms with Crippen LogP contribution in [-0.4, -0.2) is 35.1 Å². The van der Waals surface area contributed by atoms with Crippen LogP contribution in [-0.2, 0) is 24.6 Å². The molecule has 0 saturated carbocycles. The van der Waals surface area contributed by atoms with Gasteiger partial charge in [0, 0.05) is 31.7 Å². The molecule has 1 aliphatic rings. The standard InChI is InChI=1S/C16H28BrN3O/c1-6-13-15(17)14(20(5)19-13)9-16(10-18-11(2)3)7-8-21-12(16)4/h11-12,18H,6-10H2,1-5H3. The van der Waals surface area contributed by atoms with Gasteiger partial charge in [-0.15, -0.1) is 0 Å². The van der Waals surface area contributed by atoms with E-state index in [2.05, 4.69) is 54.0 Å². The molecule has 1 N–H and O–H groups in total. The van der Waals surface area contributed by atoms with Gasteiger partial charge in [0.05, 0.1) is 22.0 Å². The maximum Gasteiger partial charge on any atom is 0.0766 e. The molecule has 1 aromatic heterocycles. The third-order valence-corrected chi connectivity index (χ3v) is 5.63. The molecule has 5 heteroatoms. The van der Waals surface area contributed by atoms with E-state index in [-0.39, 0.29) is 11.5 Å². The van der Waals surface area contributed by atoms with Crippen molar-refractivity contribution in [2.75, 3.05) is 13.2 Å². The summed E-state index contributed by atoms with van der Waals surface area (Å²) in [5.41, 5.74) is 2.59. The smallest absolute Gasteiger partial charge is 0.0766 e. The molecule has 1 fully saturated rings. The Morgan fingerprint density at radius 3 is 2.71 bits per heavy atom. The van der Waals surface area contributed by atoms with E-state index in [9.17, 15) is 0 Å². The summed E-state index contributed by atoms with van der Waals surface area (Å²) in [6.45, 7) is 10.6. The van der Waals surface area contributed by atoms with Crippen molar-refractivity contribution in [2.45, 2.75) is 59.1 Å². The molecule has 0 bridgehead atoms. The van der Waals surface area contributed by atoms with Gasteiger partial charge in [0.25, 0.3) is 0 Å². The SMILES string of the molecule is CCc1nn(C)c(CC2(CNC(C)C)CCOC2C)c1Br. The number of aromatic nitrogens is 2. The molecule has 2 unspecified atom stereocenters. The Labute approximate surface area is 136 Å². The lowest BCUT2D eigenvalue weighted by molar-refractivity contribution is 0.0611. The fourth-order valence-electron chi connectivity index (χ4n) is 3.10. The second kappa shape index (κ2) is 6.80. The topological polar surface area (TPSA) is 39.1 Å². The Balaban J connectivity index is 2.25. The second-order valence-electron chi connectivity index (χ2n) is 6.52. The number of aryl methyl sites for hydroxylation is 2. The maximum atomic E-state index is 5.90. The van der Waals surface area contributed by atoms with E-state index >= 15 is 0 Å². The van der Waals surface area contributed by atoms with Crippen molar-refractivity contribution in [1.29, 1.82) is 0 Å². The highest BCUT2D eigenvalue weighted by molar-refractivity contribution is 9.10. The molecule has 21 heavy (non-hydrogen) atoms. The molecular weight excluding hydrogens is 330 g/mol. The number of hydrogen-bond acceptors (Lipinski definition) is 3. The monoisotopic (exact) mass is 357 g/mol. The molecule has 0 aromatic carbocycles. The third-order valence-electron chi connectivity index (χ3n) is 4.72. The van der Waals surface area contributed by atoms with Crippen LogP contribution in [0.4, 0.5) is 0 Å². The first-order valence-corrected chi connectivity index (χ1v) is 8.74. The molecule has 1 aromatic rings. The molecule has 4 nitrogen and oxygen atoms in total. The van der Waals surface area contributed by atoms with Crippen LogP contribution in [0.3, 0.4) is 0 Å². The normalized spacial score (nSPS) is 26.0. The average molecular weight is 358 g/mol. The molecule has 0 aliphatic carbocycles. The van der Waals surface area contributed by atoms with Crippen molar-refractivity contribution in [1.82, 2.24) is 15.1 Å². The fraction of sp³-hybridized carbons (Fsp3) is 0.812. The average Bonchev–Trinajstić information content (AvgIpc) is 2.92. The van der Waals surface area contributed by atoms with Crippen LogP contribution < -0.4 is 5.32 Å². The Bertz CT molecular complexity index is 486. The minimum Gasteiger partial charge on any atom is -0.378 e. The second-order valence-corrected chi connectivity index (χ2v) is 7.32. The maximum absolute atomic E-state index is 5.90. The van der Waals surface area contributed by atoms with Crippen molar-refractivity contribution in [3.8, 4) is 0 Å². The molecule has 120 valence electrons. The van der Waals surface area contributed by atoms with Crippen molar-refractivity contribution in [3.05, 3.63) is 15.9 Å². The minimum atomic E-state index is 0.158. The highest BCUT2D eigenvalue weighted by atomic mass is 79.9. The van der Waals surface area contributed by atoms with E-state index in [1.54, 1.807) is 0 Å². The largest absolute Gasteiger partial charge is 0.378 e. The lowest BCUT2D eigenvalue weighted by Gasteiger charge is -2.33. The van der Waals surface area contributed by atoms with E-state index in [1.165, 1.54) is 10.2 Å². The van der Waals surface area contributed by atoms with Crippen LogP contribution in [0, 0.1) is 5.41 Å². The number of halogens is 1. The van der Waals surface area contributed by atoms with Crippen molar-refractivity contribution in [2.24, 2.45) is 12.5 Å². The van der Waals surface area contributed by atoms with E-state index in [0.29, 0.717) is 6.04 Å². The molecule has 1 aliphatic heterocycles. The highest BCUT2D eigenvalue weighted by Gasteiger charge is 2.42. The zero-order valence-electron chi connectivity index (χ0n) is 13.9. The van der Waals surface area contributed by atoms with Gasteiger partial charge in [-0.05, 0) is 42.1 Å². The first-order chi connectivity index (χ1) is 9.89. The van der Waals surface area contributed by atoms with Gasteiger partial charge < -0.3 is 10.1 Å². The van der Waals surface area contributed by atoms with Gasteiger partial charge in [0.15, 0.2) is 0 Å². The Morgan fingerprint density at radius 2 is 2.24 bits per heavy atom. The summed E-state index contributed by atoms with van der Waals surface area (Å²) in [6.07, 6.45) is 3.33. The third kappa shape index (κ3) is 3.51. The summed E-state index contributed by atoms with van der Waals surface area (Å²) < 4.78 is 9.11.